The maximum atomic E-state index is 12.6. The Morgan fingerprint density at radius 2 is 1.96 bits per heavy atom. The second-order valence-electron chi connectivity index (χ2n) is 8.41. The Kier molecular flexibility index (Phi) is 5.28. The summed E-state index contributed by atoms with van der Waals surface area (Å²) in [6.45, 7) is 7.93. The van der Waals surface area contributed by atoms with Crippen molar-refractivity contribution in [2.75, 3.05) is 26.2 Å². The molecule has 4 heteroatoms. The van der Waals surface area contributed by atoms with Gasteiger partial charge in [0.2, 0.25) is 0 Å². The number of hydrogen-bond donors (Lipinski definition) is 0. The summed E-state index contributed by atoms with van der Waals surface area (Å²) in [4.78, 5) is 15.2. The molecular weight excluding hydrogens is 312 g/mol. The first-order chi connectivity index (χ1) is 12.2. The Labute approximate surface area is 151 Å². The van der Waals surface area contributed by atoms with Crippen molar-refractivity contribution in [3.63, 3.8) is 0 Å². The molecule has 0 aromatic carbocycles. The van der Waals surface area contributed by atoms with E-state index in [4.69, 9.17) is 4.74 Å². The number of likely N-dealkylation sites (N-methyl/N-ethyl adjacent to an activating group) is 1. The number of nitrogens with zero attached hydrogens (tertiary/aromatic N) is 2. The van der Waals surface area contributed by atoms with Gasteiger partial charge in [-0.3, -0.25) is 4.79 Å². The van der Waals surface area contributed by atoms with Gasteiger partial charge in [-0.05, 0) is 49.3 Å². The minimum Gasteiger partial charge on any atom is -0.376 e. The summed E-state index contributed by atoms with van der Waals surface area (Å²) in [6, 6.07) is 4.06. The first kappa shape index (κ1) is 17.3. The van der Waals surface area contributed by atoms with Gasteiger partial charge < -0.3 is 14.2 Å². The summed E-state index contributed by atoms with van der Waals surface area (Å²) in [7, 11) is 0. The van der Waals surface area contributed by atoms with E-state index in [-0.39, 0.29) is 5.56 Å². The zero-order valence-electron chi connectivity index (χ0n) is 15.6. The van der Waals surface area contributed by atoms with Crippen molar-refractivity contribution in [2.24, 2.45) is 11.8 Å². The third kappa shape index (κ3) is 3.85. The van der Waals surface area contributed by atoms with Gasteiger partial charge in [0.05, 0.1) is 6.61 Å². The number of hydrogen-bond acceptors (Lipinski definition) is 3. The van der Waals surface area contributed by atoms with Crippen LogP contribution >= 0.6 is 0 Å². The lowest BCUT2D eigenvalue weighted by Gasteiger charge is -2.42. The van der Waals surface area contributed by atoms with Gasteiger partial charge in [0, 0.05) is 43.9 Å². The zero-order valence-corrected chi connectivity index (χ0v) is 15.6. The first-order valence-corrected chi connectivity index (χ1v) is 10.3. The first-order valence-electron chi connectivity index (χ1n) is 10.3. The molecule has 2 fully saturated rings. The molecule has 2 bridgehead atoms. The van der Waals surface area contributed by atoms with E-state index in [9.17, 15) is 4.79 Å². The topological polar surface area (TPSA) is 34.5 Å². The zero-order chi connectivity index (χ0) is 17.2. The molecule has 1 saturated heterocycles. The van der Waals surface area contributed by atoms with Crippen LogP contribution in [0.15, 0.2) is 16.9 Å². The highest BCUT2D eigenvalue weighted by Gasteiger charge is 2.34. The molecule has 3 aliphatic rings. The smallest absolute Gasteiger partial charge is 0.251 e. The SMILES string of the molecule is CCN1CC2CC(C1)c1cc(COCC3CCCCC3)cc(=O)n1C2. The van der Waals surface area contributed by atoms with Crippen LogP contribution in [-0.4, -0.2) is 35.7 Å². The van der Waals surface area contributed by atoms with E-state index in [1.807, 2.05) is 10.6 Å². The van der Waals surface area contributed by atoms with Crippen LogP contribution < -0.4 is 5.56 Å². The van der Waals surface area contributed by atoms with Gasteiger partial charge in [0.1, 0.15) is 0 Å². The monoisotopic (exact) mass is 344 g/mol. The molecule has 0 spiro atoms. The summed E-state index contributed by atoms with van der Waals surface area (Å²) < 4.78 is 8.03. The minimum absolute atomic E-state index is 0.174. The van der Waals surface area contributed by atoms with Crippen LogP contribution in [0.1, 0.15) is 62.6 Å². The van der Waals surface area contributed by atoms with Crippen LogP contribution in [0.25, 0.3) is 0 Å². The lowest BCUT2D eigenvalue weighted by atomic mass is 9.83. The molecule has 0 N–H and O–H groups in total. The summed E-state index contributed by atoms with van der Waals surface area (Å²) in [6.07, 6.45) is 7.94. The van der Waals surface area contributed by atoms with E-state index in [0.29, 0.717) is 18.4 Å². The summed E-state index contributed by atoms with van der Waals surface area (Å²) in [5.74, 6) is 1.88. The molecule has 1 aliphatic carbocycles. The van der Waals surface area contributed by atoms with Crippen LogP contribution in [0.5, 0.6) is 0 Å². The summed E-state index contributed by atoms with van der Waals surface area (Å²) >= 11 is 0. The number of aromatic nitrogens is 1. The van der Waals surface area contributed by atoms with Gasteiger partial charge in [-0.25, -0.2) is 0 Å². The van der Waals surface area contributed by atoms with Crippen LogP contribution in [0.3, 0.4) is 0 Å². The number of ether oxygens (including phenoxy) is 1. The van der Waals surface area contributed by atoms with Crippen molar-refractivity contribution in [1.29, 1.82) is 0 Å². The summed E-state index contributed by atoms with van der Waals surface area (Å²) in [5.41, 5.74) is 2.49. The molecule has 0 radical (unpaired) electrons. The predicted molar refractivity (Wildman–Crippen MR) is 99.9 cm³/mol. The predicted octanol–water partition coefficient (Wildman–Crippen LogP) is 3.38. The van der Waals surface area contributed by atoms with Crippen LogP contribution in [0.2, 0.25) is 0 Å². The fraction of sp³-hybridized carbons (Fsp3) is 0.762. The van der Waals surface area contributed by atoms with E-state index < -0.39 is 0 Å². The molecular formula is C21H32N2O2. The molecule has 2 atom stereocenters. The van der Waals surface area contributed by atoms with E-state index in [1.165, 1.54) is 44.2 Å². The van der Waals surface area contributed by atoms with Gasteiger partial charge >= 0.3 is 0 Å². The van der Waals surface area contributed by atoms with Gasteiger partial charge in [-0.2, -0.15) is 0 Å². The average Bonchev–Trinajstić information content (AvgIpc) is 2.63. The largest absolute Gasteiger partial charge is 0.376 e. The number of likely N-dealkylation sites (tertiary alicyclic amines) is 1. The molecule has 2 aliphatic heterocycles. The molecule has 1 aromatic rings. The van der Waals surface area contributed by atoms with Crippen molar-refractivity contribution in [3.05, 3.63) is 33.7 Å². The molecule has 25 heavy (non-hydrogen) atoms. The van der Waals surface area contributed by atoms with Gasteiger partial charge in [-0.1, -0.05) is 26.2 Å². The highest BCUT2D eigenvalue weighted by atomic mass is 16.5. The highest BCUT2D eigenvalue weighted by Crippen LogP contribution is 2.35. The normalized spacial score (nSPS) is 27.2. The number of piperidine rings is 1. The lowest BCUT2D eigenvalue weighted by molar-refractivity contribution is 0.0733. The van der Waals surface area contributed by atoms with E-state index in [1.54, 1.807) is 0 Å². The second kappa shape index (κ2) is 7.63. The molecule has 4 rings (SSSR count). The molecule has 2 unspecified atom stereocenters. The number of fused-ring (bicyclic) bond motifs is 4. The lowest BCUT2D eigenvalue weighted by Crippen LogP contribution is -2.47. The molecule has 1 saturated carbocycles. The Balaban J connectivity index is 1.44. The molecule has 0 amide bonds. The molecule has 4 nitrogen and oxygen atoms in total. The van der Waals surface area contributed by atoms with Crippen molar-refractivity contribution in [1.82, 2.24) is 9.47 Å². The quantitative estimate of drug-likeness (QED) is 0.821. The maximum absolute atomic E-state index is 12.6. The van der Waals surface area contributed by atoms with Crippen molar-refractivity contribution in [3.8, 4) is 0 Å². The van der Waals surface area contributed by atoms with Crippen molar-refractivity contribution >= 4 is 0 Å². The van der Waals surface area contributed by atoms with Gasteiger partial charge in [0.15, 0.2) is 0 Å². The number of pyridine rings is 1. The van der Waals surface area contributed by atoms with Crippen LogP contribution in [0.4, 0.5) is 0 Å². The fourth-order valence-electron chi connectivity index (χ4n) is 5.15. The standard InChI is InChI=1S/C21H32N2O2/c1-2-22-11-18-8-19(13-22)20-9-17(10-21(24)23(20)12-18)15-25-14-16-6-4-3-5-7-16/h9-10,16,18-19H,2-8,11-15H2,1H3. The van der Waals surface area contributed by atoms with Gasteiger partial charge in [-0.15, -0.1) is 0 Å². The minimum atomic E-state index is 0.174. The maximum Gasteiger partial charge on any atom is 0.251 e. The fourth-order valence-corrected chi connectivity index (χ4v) is 5.15. The molecule has 1 aromatic heterocycles. The van der Waals surface area contributed by atoms with Crippen molar-refractivity contribution < 1.29 is 4.74 Å². The third-order valence-corrected chi connectivity index (χ3v) is 6.49. The highest BCUT2D eigenvalue weighted by molar-refractivity contribution is 5.23. The van der Waals surface area contributed by atoms with Crippen molar-refractivity contribution in [2.45, 2.75) is 64.5 Å². The van der Waals surface area contributed by atoms with Crippen LogP contribution in [0, 0.1) is 11.8 Å². The second-order valence-corrected chi connectivity index (χ2v) is 8.41. The Bertz CT molecular complexity index is 648. The molecule has 3 heterocycles. The summed E-state index contributed by atoms with van der Waals surface area (Å²) in [5, 5.41) is 0. The van der Waals surface area contributed by atoms with E-state index in [2.05, 4.69) is 17.9 Å². The Hall–Kier alpha value is -1.13. The Morgan fingerprint density at radius 3 is 2.76 bits per heavy atom. The van der Waals surface area contributed by atoms with E-state index in [0.717, 1.165) is 44.3 Å². The Morgan fingerprint density at radius 1 is 1.12 bits per heavy atom. The van der Waals surface area contributed by atoms with E-state index >= 15 is 0 Å². The third-order valence-electron chi connectivity index (χ3n) is 6.49. The number of rotatable bonds is 5. The molecule has 138 valence electrons. The average molecular weight is 344 g/mol. The van der Waals surface area contributed by atoms with Gasteiger partial charge in [0.25, 0.3) is 5.56 Å². The van der Waals surface area contributed by atoms with Crippen LogP contribution in [-0.2, 0) is 17.9 Å².